The van der Waals surface area contributed by atoms with Crippen LogP contribution in [0.15, 0.2) is 78.9 Å². The molecule has 1 N–H and O–H groups in total. The fourth-order valence-electron chi connectivity index (χ4n) is 3.37. The number of para-hydroxylation sites is 2. The summed E-state index contributed by atoms with van der Waals surface area (Å²) in [7, 11) is -3.44. The molecule has 0 bridgehead atoms. The van der Waals surface area contributed by atoms with Crippen molar-refractivity contribution in [3.63, 3.8) is 0 Å². The number of nitrogens with one attached hydrogen (secondary N) is 1. The highest BCUT2D eigenvalue weighted by Crippen LogP contribution is 2.28. The number of nitrogens with zero attached hydrogens (tertiary/aromatic N) is 1. The molecule has 1 amide bonds. The molecule has 0 spiro atoms. The molecule has 0 fully saturated rings. The van der Waals surface area contributed by atoms with Crippen LogP contribution >= 0.6 is 0 Å². The summed E-state index contributed by atoms with van der Waals surface area (Å²) in [6, 6.07) is 24.9. The predicted molar refractivity (Wildman–Crippen MR) is 123 cm³/mol. The van der Waals surface area contributed by atoms with Crippen LogP contribution < -0.4 is 9.62 Å². The van der Waals surface area contributed by atoms with E-state index in [2.05, 4.69) is 5.32 Å². The molecule has 0 heterocycles. The standard InChI is InChI=1S/C24H26N2O3S/c1-19-11-6-9-16-23(19)26(30(2,28)29)18-10-17-24(27)25-22-15-8-7-14-21(22)20-12-4-3-5-13-20/h3-9,11-16H,10,17-18H2,1-2H3,(H,25,27). The number of amides is 1. The van der Waals surface area contributed by atoms with E-state index >= 15 is 0 Å². The quantitative estimate of drug-likeness (QED) is 0.564. The molecule has 3 aromatic rings. The highest BCUT2D eigenvalue weighted by molar-refractivity contribution is 7.92. The van der Waals surface area contributed by atoms with E-state index < -0.39 is 10.0 Å². The zero-order valence-corrected chi connectivity index (χ0v) is 18.0. The first-order chi connectivity index (χ1) is 14.4. The Balaban J connectivity index is 1.66. The van der Waals surface area contributed by atoms with Gasteiger partial charge in [-0.05, 0) is 36.6 Å². The zero-order chi connectivity index (χ0) is 21.6. The van der Waals surface area contributed by atoms with E-state index in [1.807, 2.05) is 79.7 Å². The fraction of sp³-hybridized carbons (Fsp3) is 0.208. The van der Waals surface area contributed by atoms with Crippen molar-refractivity contribution in [2.75, 3.05) is 22.4 Å². The number of carbonyl (C=O) groups is 1. The second kappa shape index (κ2) is 9.59. The van der Waals surface area contributed by atoms with Crippen molar-refractivity contribution in [1.82, 2.24) is 0 Å². The Morgan fingerprint density at radius 3 is 2.23 bits per heavy atom. The maximum absolute atomic E-state index is 12.6. The third kappa shape index (κ3) is 5.48. The van der Waals surface area contributed by atoms with Gasteiger partial charge < -0.3 is 5.32 Å². The Hall–Kier alpha value is -3.12. The molecule has 3 rings (SSSR count). The van der Waals surface area contributed by atoms with Crippen LogP contribution in [0.3, 0.4) is 0 Å². The van der Waals surface area contributed by atoms with Crippen LogP contribution in [0.25, 0.3) is 11.1 Å². The van der Waals surface area contributed by atoms with Crippen molar-refractivity contribution in [2.45, 2.75) is 19.8 Å². The fourth-order valence-corrected chi connectivity index (χ4v) is 4.39. The Morgan fingerprint density at radius 1 is 0.900 bits per heavy atom. The van der Waals surface area contributed by atoms with E-state index in [1.165, 1.54) is 10.6 Å². The smallest absolute Gasteiger partial charge is 0.232 e. The highest BCUT2D eigenvalue weighted by Gasteiger charge is 2.19. The molecule has 0 aliphatic heterocycles. The summed E-state index contributed by atoms with van der Waals surface area (Å²) in [6.45, 7) is 2.12. The van der Waals surface area contributed by atoms with Crippen LogP contribution in [-0.2, 0) is 14.8 Å². The van der Waals surface area contributed by atoms with Crippen LogP contribution in [0.2, 0.25) is 0 Å². The molecule has 0 atom stereocenters. The SMILES string of the molecule is Cc1ccccc1N(CCCC(=O)Nc1ccccc1-c1ccccc1)S(C)(=O)=O. The van der Waals surface area contributed by atoms with Gasteiger partial charge in [0.1, 0.15) is 0 Å². The molecule has 0 aliphatic carbocycles. The largest absolute Gasteiger partial charge is 0.326 e. The van der Waals surface area contributed by atoms with Crippen LogP contribution in [0.1, 0.15) is 18.4 Å². The average Bonchev–Trinajstić information content (AvgIpc) is 2.72. The van der Waals surface area contributed by atoms with Crippen molar-refractivity contribution in [3.05, 3.63) is 84.4 Å². The van der Waals surface area contributed by atoms with Gasteiger partial charge in [0, 0.05) is 24.2 Å². The van der Waals surface area contributed by atoms with Gasteiger partial charge in [0.25, 0.3) is 0 Å². The van der Waals surface area contributed by atoms with Crippen molar-refractivity contribution in [1.29, 1.82) is 0 Å². The van der Waals surface area contributed by atoms with Gasteiger partial charge in [-0.3, -0.25) is 9.10 Å². The van der Waals surface area contributed by atoms with Gasteiger partial charge in [-0.1, -0.05) is 66.7 Å². The normalized spacial score (nSPS) is 11.1. The molecule has 0 radical (unpaired) electrons. The summed E-state index contributed by atoms with van der Waals surface area (Å²) in [4.78, 5) is 12.6. The second-order valence-electron chi connectivity index (χ2n) is 7.18. The maximum Gasteiger partial charge on any atom is 0.232 e. The molecular weight excluding hydrogens is 396 g/mol. The van der Waals surface area contributed by atoms with Crippen LogP contribution in [-0.4, -0.2) is 27.1 Å². The molecule has 6 heteroatoms. The summed E-state index contributed by atoms with van der Waals surface area (Å²) in [6.07, 6.45) is 1.83. The number of rotatable bonds is 8. The maximum atomic E-state index is 12.6. The predicted octanol–water partition coefficient (Wildman–Crippen LogP) is 4.85. The van der Waals surface area contributed by atoms with Crippen LogP contribution in [0.4, 0.5) is 11.4 Å². The minimum atomic E-state index is -3.44. The molecule has 0 unspecified atom stereocenters. The minimum Gasteiger partial charge on any atom is -0.326 e. The summed E-state index contributed by atoms with van der Waals surface area (Å²) in [5.41, 5.74) is 4.24. The van der Waals surface area contributed by atoms with E-state index in [0.29, 0.717) is 12.1 Å². The van der Waals surface area contributed by atoms with Crippen LogP contribution in [0.5, 0.6) is 0 Å². The number of aryl methyl sites for hydroxylation is 1. The van der Waals surface area contributed by atoms with Crippen molar-refractivity contribution in [3.8, 4) is 11.1 Å². The number of hydrogen-bond donors (Lipinski definition) is 1. The monoisotopic (exact) mass is 422 g/mol. The number of carbonyl (C=O) groups excluding carboxylic acids is 1. The molecule has 0 aliphatic rings. The first-order valence-electron chi connectivity index (χ1n) is 9.84. The Kier molecular flexibility index (Phi) is 6.90. The van der Waals surface area contributed by atoms with Crippen molar-refractivity contribution < 1.29 is 13.2 Å². The first-order valence-corrected chi connectivity index (χ1v) is 11.7. The third-order valence-corrected chi connectivity index (χ3v) is 6.02. The van der Waals surface area contributed by atoms with Gasteiger partial charge in [0.2, 0.25) is 15.9 Å². The molecule has 30 heavy (non-hydrogen) atoms. The molecular formula is C24H26N2O3S. The van der Waals surface area contributed by atoms with E-state index in [9.17, 15) is 13.2 Å². The second-order valence-corrected chi connectivity index (χ2v) is 9.09. The van der Waals surface area contributed by atoms with Crippen molar-refractivity contribution in [2.24, 2.45) is 0 Å². The number of sulfonamides is 1. The van der Waals surface area contributed by atoms with Crippen LogP contribution in [0, 0.1) is 6.92 Å². The Labute approximate surface area is 178 Å². The topological polar surface area (TPSA) is 66.5 Å². The lowest BCUT2D eigenvalue weighted by molar-refractivity contribution is -0.116. The Morgan fingerprint density at radius 2 is 1.53 bits per heavy atom. The summed E-state index contributed by atoms with van der Waals surface area (Å²) < 4.78 is 25.9. The highest BCUT2D eigenvalue weighted by atomic mass is 32.2. The van der Waals surface area contributed by atoms with Gasteiger partial charge in [-0.2, -0.15) is 0 Å². The minimum absolute atomic E-state index is 0.142. The molecule has 0 saturated carbocycles. The van der Waals surface area contributed by atoms with E-state index in [1.54, 1.807) is 6.07 Å². The number of hydrogen-bond acceptors (Lipinski definition) is 3. The molecule has 156 valence electrons. The van der Waals surface area contributed by atoms with E-state index in [-0.39, 0.29) is 18.9 Å². The van der Waals surface area contributed by atoms with Gasteiger partial charge >= 0.3 is 0 Å². The van der Waals surface area contributed by atoms with Gasteiger partial charge in [0.05, 0.1) is 11.9 Å². The molecule has 5 nitrogen and oxygen atoms in total. The van der Waals surface area contributed by atoms with Gasteiger partial charge in [0.15, 0.2) is 0 Å². The average molecular weight is 423 g/mol. The molecule has 0 saturated heterocycles. The van der Waals surface area contributed by atoms with Crippen molar-refractivity contribution >= 4 is 27.3 Å². The van der Waals surface area contributed by atoms with E-state index in [0.717, 1.165) is 22.4 Å². The summed E-state index contributed by atoms with van der Waals surface area (Å²) >= 11 is 0. The van der Waals surface area contributed by atoms with Gasteiger partial charge in [-0.25, -0.2) is 8.42 Å². The number of anilines is 2. The van der Waals surface area contributed by atoms with E-state index in [4.69, 9.17) is 0 Å². The zero-order valence-electron chi connectivity index (χ0n) is 17.2. The lowest BCUT2D eigenvalue weighted by Gasteiger charge is -2.24. The molecule has 3 aromatic carbocycles. The lowest BCUT2D eigenvalue weighted by Crippen LogP contribution is -2.32. The Bertz CT molecular complexity index is 1110. The number of benzene rings is 3. The molecule has 0 aromatic heterocycles. The summed E-state index contributed by atoms with van der Waals surface area (Å²) in [5.74, 6) is -0.142. The van der Waals surface area contributed by atoms with Gasteiger partial charge in [-0.15, -0.1) is 0 Å². The first kappa shape index (κ1) is 21.6. The third-order valence-electron chi connectivity index (χ3n) is 4.84. The lowest BCUT2D eigenvalue weighted by atomic mass is 10.0. The summed E-state index contributed by atoms with van der Waals surface area (Å²) in [5, 5.41) is 2.97.